The van der Waals surface area contributed by atoms with Gasteiger partial charge in [-0.1, -0.05) is 35.8 Å². The number of nitrogens with zero attached hydrogens (tertiary/aromatic N) is 2. The van der Waals surface area contributed by atoms with Gasteiger partial charge in [0.25, 0.3) is 0 Å². The molecule has 1 aromatic heterocycles. The zero-order valence-electron chi connectivity index (χ0n) is 16.8. The number of aryl methyl sites for hydroxylation is 2. The minimum Gasteiger partial charge on any atom is -0.360 e. The molecular formula is C20H26ClN3O4S. The lowest BCUT2D eigenvalue weighted by Gasteiger charge is -2.33. The third-order valence-corrected chi connectivity index (χ3v) is 7.96. The Bertz CT molecular complexity index is 945. The van der Waals surface area contributed by atoms with Crippen LogP contribution >= 0.6 is 11.6 Å². The maximum atomic E-state index is 12.9. The summed E-state index contributed by atoms with van der Waals surface area (Å²) in [5, 5.41) is 7.37. The van der Waals surface area contributed by atoms with Gasteiger partial charge in [0.05, 0.1) is 0 Å². The lowest BCUT2D eigenvalue weighted by molar-refractivity contribution is -0.126. The maximum Gasteiger partial charge on any atom is 0.248 e. The van der Waals surface area contributed by atoms with Gasteiger partial charge in [0.15, 0.2) is 5.76 Å². The van der Waals surface area contributed by atoms with Crippen molar-refractivity contribution in [1.82, 2.24) is 14.8 Å². The first kappa shape index (κ1) is 21.8. The molecule has 9 heteroatoms. The second kappa shape index (κ2) is 8.85. The molecule has 2 heterocycles. The van der Waals surface area contributed by atoms with Crippen molar-refractivity contribution >= 4 is 27.5 Å². The molecule has 158 valence electrons. The van der Waals surface area contributed by atoms with Crippen LogP contribution in [0.15, 0.2) is 33.7 Å². The Morgan fingerprint density at radius 1 is 1.28 bits per heavy atom. The van der Waals surface area contributed by atoms with E-state index in [0.29, 0.717) is 49.0 Å². The molecule has 2 aromatic rings. The van der Waals surface area contributed by atoms with Gasteiger partial charge in [-0.25, -0.2) is 8.42 Å². The fraction of sp³-hybridized carbons (Fsp3) is 0.500. The zero-order valence-corrected chi connectivity index (χ0v) is 18.4. The smallest absolute Gasteiger partial charge is 0.248 e. The number of nitrogens with one attached hydrogen (secondary N) is 1. The van der Waals surface area contributed by atoms with Gasteiger partial charge in [-0.15, -0.1) is 0 Å². The largest absolute Gasteiger partial charge is 0.360 e. The van der Waals surface area contributed by atoms with Crippen molar-refractivity contribution in [2.24, 2.45) is 11.8 Å². The van der Waals surface area contributed by atoms with Crippen LogP contribution in [0.4, 0.5) is 0 Å². The number of carbonyl (C=O) groups excluding carboxylic acids is 1. The predicted octanol–water partition coefficient (Wildman–Crippen LogP) is 3.30. The van der Waals surface area contributed by atoms with Crippen molar-refractivity contribution in [2.45, 2.75) is 45.1 Å². The first-order chi connectivity index (χ1) is 13.7. The monoisotopic (exact) mass is 439 g/mol. The molecule has 3 rings (SSSR count). The molecule has 1 unspecified atom stereocenters. The van der Waals surface area contributed by atoms with E-state index in [4.69, 9.17) is 16.1 Å². The van der Waals surface area contributed by atoms with E-state index < -0.39 is 10.0 Å². The molecule has 0 aliphatic carbocycles. The first-order valence-corrected chi connectivity index (χ1v) is 11.5. The normalized spacial score (nSPS) is 17.2. The number of carbonyl (C=O) groups is 1. The lowest BCUT2D eigenvalue weighted by atomic mass is 9.85. The van der Waals surface area contributed by atoms with Crippen LogP contribution in [-0.2, 0) is 21.4 Å². The van der Waals surface area contributed by atoms with Gasteiger partial charge >= 0.3 is 0 Å². The summed E-state index contributed by atoms with van der Waals surface area (Å²) in [7, 11) is -3.63. The van der Waals surface area contributed by atoms with Crippen LogP contribution in [-0.4, -0.2) is 36.9 Å². The number of rotatable bonds is 6. The van der Waals surface area contributed by atoms with Crippen molar-refractivity contribution in [3.05, 3.63) is 46.3 Å². The summed E-state index contributed by atoms with van der Waals surface area (Å²) in [6.45, 7) is 6.34. The van der Waals surface area contributed by atoms with Gasteiger partial charge in [0.1, 0.15) is 10.6 Å². The van der Waals surface area contributed by atoms with Crippen LogP contribution in [0.3, 0.4) is 0 Å². The highest BCUT2D eigenvalue weighted by molar-refractivity contribution is 7.89. The highest BCUT2D eigenvalue weighted by Crippen LogP contribution is 2.30. The van der Waals surface area contributed by atoms with Crippen LogP contribution < -0.4 is 5.32 Å². The number of halogens is 1. The molecule has 0 saturated carbocycles. The van der Waals surface area contributed by atoms with Crippen molar-refractivity contribution in [3.8, 4) is 0 Å². The van der Waals surface area contributed by atoms with Crippen molar-refractivity contribution < 1.29 is 17.7 Å². The summed E-state index contributed by atoms with van der Waals surface area (Å²) in [5.41, 5.74) is 1.36. The van der Waals surface area contributed by atoms with Crippen molar-refractivity contribution in [1.29, 1.82) is 0 Å². The molecule has 0 radical (unpaired) electrons. The Morgan fingerprint density at radius 3 is 2.45 bits per heavy atom. The molecule has 1 atom stereocenters. The van der Waals surface area contributed by atoms with Gasteiger partial charge in [0, 0.05) is 30.6 Å². The topological polar surface area (TPSA) is 92.5 Å². The minimum absolute atomic E-state index is 0.0213. The summed E-state index contributed by atoms with van der Waals surface area (Å²) < 4.78 is 32.3. The Balaban J connectivity index is 1.55. The van der Waals surface area contributed by atoms with Crippen molar-refractivity contribution in [2.75, 3.05) is 13.1 Å². The number of amides is 1. The molecule has 1 N–H and O–H groups in total. The lowest BCUT2D eigenvalue weighted by Crippen LogP contribution is -2.42. The predicted molar refractivity (Wildman–Crippen MR) is 110 cm³/mol. The van der Waals surface area contributed by atoms with E-state index in [0.717, 1.165) is 5.56 Å². The third-order valence-electron chi connectivity index (χ3n) is 5.56. The fourth-order valence-corrected chi connectivity index (χ4v) is 5.64. The zero-order chi connectivity index (χ0) is 21.2. The molecule has 1 amide bonds. The minimum atomic E-state index is -3.63. The van der Waals surface area contributed by atoms with Crippen LogP contribution in [0.2, 0.25) is 5.02 Å². The van der Waals surface area contributed by atoms with E-state index in [2.05, 4.69) is 10.5 Å². The summed E-state index contributed by atoms with van der Waals surface area (Å²) in [5.74, 6) is 0.231. The molecule has 0 spiro atoms. The fourth-order valence-electron chi connectivity index (χ4n) is 3.75. The molecule has 29 heavy (non-hydrogen) atoms. The second-order valence-corrected chi connectivity index (χ2v) is 9.84. The summed E-state index contributed by atoms with van der Waals surface area (Å²) in [6, 6.07) is 7.35. The maximum absolute atomic E-state index is 12.9. The standard InChI is InChI=1S/C20H26ClN3O4S/c1-13(20(25)22-12-16-4-6-18(21)7-5-16)17-8-10-24(11-9-17)29(26,27)19-14(2)23-28-15(19)3/h4-7,13,17H,8-12H2,1-3H3,(H,22,25). The van der Waals surface area contributed by atoms with Gasteiger partial charge in [-0.2, -0.15) is 4.31 Å². The third kappa shape index (κ3) is 4.82. The Hall–Kier alpha value is -1.90. The summed E-state index contributed by atoms with van der Waals surface area (Å²) >= 11 is 5.88. The van der Waals surface area contributed by atoms with Crippen molar-refractivity contribution in [3.63, 3.8) is 0 Å². The summed E-state index contributed by atoms with van der Waals surface area (Å²) in [6.07, 6.45) is 1.27. The van der Waals surface area contributed by atoms with Crippen LogP contribution in [0.1, 0.15) is 36.8 Å². The van der Waals surface area contributed by atoms with E-state index >= 15 is 0 Å². The second-order valence-electron chi connectivity index (χ2n) is 7.53. The van der Waals surface area contributed by atoms with Gasteiger partial charge in [-0.3, -0.25) is 4.79 Å². The van der Waals surface area contributed by atoms with E-state index in [-0.39, 0.29) is 22.6 Å². The van der Waals surface area contributed by atoms with Crippen LogP contribution in [0.5, 0.6) is 0 Å². The molecular weight excluding hydrogens is 414 g/mol. The molecule has 0 bridgehead atoms. The molecule has 1 aliphatic heterocycles. The average molecular weight is 440 g/mol. The number of hydrogen-bond donors (Lipinski definition) is 1. The number of aromatic nitrogens is 1. The van der Waals surface area contributed by atoms with E-state index in [1.54, 1.807) is 26.0 Å². The Labute approximate surface area is 176 Å². The summed E-state index contributed by atoms with van der Waals surface area (Å²) in [4.78, 5) is 12.7. The number of sulfonamides is 1. The number of piperidine rings is 1. The highest BCUT2D eigenvalue weighted by Gasteiger charge is 2.36. The molecule has 1 aromatic carbocycles. The van der Waals surface area contributed by atoms with E-state index in [1.165, 1.54) is 4.31 Å². The number of benzene rings is 1. The van der Waals surface area contributed by atoms with E-state index in [9.17, 15) is 13.2 Å². The molecule has 1 fully saturated rings. The van der Waals surface area contributed by atoms with E-state index in [1.807, 2.05) is 19.1 Å². The van der Waals surface area contributed by atoms with Gasteiger partial charge in [0.2, 0.25) is 15.9 Å². The van der Waals surface area contributed by atoms with Crippen LogP contribution in [0.25, 0.3) is 0 Å². The van der Waals surface area contributed by atoms with Gasteiger partial charge < -0.3 is 9.84 Å². The van der Waals surface area contributed by atoms with Gasteiger partial charge in [-0.05, 0) is 50.3 Å². The highest BCUT2D eigenvalue weighted by atomic mass is 35.5. The molecule has 7 nitrogen and oxygen atoms in total. The molecule has 1 aliphatic rings. The van der Waals surface area contributed by atoms with Crippen LogP contribution in [0, 0.1) is 25.7 Å². The number of hydrogen-bond acceptors (Lipinski definition) is 5. The average Bonchev–Trinajstić information content (AvgIpc) is 3.05. The Kier molecular flexibility index (Phi) is 6.65. The quantitative estimate of drug-likeness (QED) is 0.745. The first-order valence-electron chi connectivity index (χ1n) is 9.65. The SMILES string of the molecule is Cc1noc(C)c1S(=O)(=O)N1CCC(C(C)C(=O)NCc2ccc(Cl)cc2)CC1. The Morgan fingerprint density at radius 2 is 1.90 bits per heavy atom. The molecule has 1 saturated heterocycles.